The molecule has 0 aliphatic carbocycles. The number of rotatable bonds is 8. The zero-order valence-electron chi connectivity index (χ0n) is 15.2. The van der Waals surface area contributed by atoms with E-state index in [1.807, 2.05) is 24.3 Å². The van der Waals surface area contributed by atoms with Gasteiger partial charge in [0.25, 0.3) is 0 Å². The summed E-state index contributed by atoms with van der Waals surface area (Å²) in [6.45, 7) is 3.56. The van der Waals surface area contributed by atoms with E-state index in [4.69, 9.17) is 4.74 Å². The van der Waals surface area contributed by atoms with Gasteiger partial charge in [-0.05, 0) is 50.0 Å². The van der Waals surface area contributed by atoms with Crippen LogP contribution < -0.4 is 15.4 Å². The number of amides is 2. The minimum atomic E-state index is -0.523. The number of nitrogens with one attached hydrogen (secondary N) is 2. The number of nitrogens with zero attached hydrogens (tertiary/aromatic N) is 1. The molecule has 1 atom stereocenters. The lowest BCUT2D eigenvalue weighted by Gasteiger charge is -2.23. The highest BCUT2D eigenvalue weighted by molar-refractivity contribution is 5.73. The highest BCUT2D eigenvalue weighted by Gasteiger charge is 2.14. The summed E-state index contributed by atoms with van der Waals surface area (Å²) in [7, 11) is 1.64. The maximum Gasteiger partial charge on any atom is 0.314 e. The summed E-state index contributed by atoms with van der Waals surface area (Å²) in [6.07, 6.45) is 5.19. The van der Waals surface area contributed by atoms with Crippen LogP contribution in [-0.2, 0) is 6.42 Å². The summed E-state index contributed by atoms with van der Waals surface area (Å²) in [6, 6.07) is 7.57. The fourth-order valence-corrected chi connectivity index (χ4v) is 3.07. The molecule has 1 aromatic carbocycles. The molecular formula is C19H31N3O3. The molecule has 6 heteroatoms. The molecule has 2 amide bonds. The van der Waals surface area contributed by atoms with Crippen LogP contribution in [0.4, 0.5) is 4.79 Å². The molecule has 0 spiro atoms. The van der Waals surface area contributed by atoms with Gasteiger partial charge >= 0.3 is 6.03 Å². The first kappa shape index (κ1) is 19.5. The number of likely N-dealkylation sites (tertiary alicyclic amines) is 1. The molecule has 0 radical (unpaired) electrons. The van der Waals surface area contributed by atoms with Gasteiger partial charge in [-0.2, -0.15) is 0 Å². The number of benzene rings is 1. The minimum absolute atomic E-state index is 0.233. The number of hydrogen-bond donors (Lipinski definition) is 3. The van der Waals surface area contributed by atoms with Crippen molar-refractivity contribution in [2.75, 3.05) is 39.8 Å². The van der Waals surface area contributed by atoms with Crippen LogP contribution in [0.25, 0.3) is 0 Å². The standard InChI is InChI=1S/C19H31N3O3/c1-25-18-8-6-16(7-9-18)10-11-20-19(24)21-14-17(23)15-22-12-4-2-3-5-13-22/h6-9,17,23H,2-5,10-15H2,1H3,(H2,20,21,24). The van der Waals surface area contributed by atoms with Gasteiger partial charge < -0.3 is 25.4 Å². The summed E-state index contributed by atoms with van der Waals surface area (Å²) in [5, 5.41) is 15.7. The van der Waals surface area contributed by atoms with Crippen molar-refractivity contribution < 1.29 is 14.6 Å². The third-order valence-electron chi connectivity index (χ3n) is 4.52. The van der Waals surface area contributed by atoms with Gasteiger partial charge in [0.2, 0.25) is 0 Å². The first-order valence-electron chi connectivity index (χ1n) is 9.22. The Morgan fingerprint density at radius 2 is 1.84 bits per heavy atom. The average molecular weight is 349 g/mol. The van der Waals surface area contributed by atoms with E-state index in [2.05, 4.69) is 15.5 Å². The van der Waals surface area contributed by atoms with Gasteiger partial charge in [-0.1, -0.05) is 25.0 Å². The smallest absolute Gasteiger partial charge is 0.314 e. The second-order valence-electron chi connectivity index (χ2n) is 6.60. The monoisotopic (exact) mass is 349 g/mol. The molecule has 1 aliphatic rings. The molecule has 1 heterocycles. The number of aliphatic hydroxyl groups is 1. The predicted octanol–water partition coefficient (Wildman–Crippen LogP) is 1.77. The van der Waals surface area contributed by atoms with E-state index >= 15 is 0 Å². The van der Waals surface area contributed by atoms with Crippen molar-refractivity contribution in [1.29, 1.82) is 0 Å². The van der Waals surface area contributed by atoms with E-state index in [0.29, 0.717) is 13.1 Å². The fourth-order valence-electron chi connectivity index (χ4n) is 3.07. The molecule has 1 aromatic rings. The molecule has 140 valence electrons. The molecular weight excluding hydrogens is 318 g/mol. The molecule has 1 saturated heterocycles. The maximum absolute atomic E-state index is 11.8. The summed E-state index contributed by atoms with van der Waals surface area (Å²) < 4.78 is 5.12. The molecule has 0 saturated carbocycles. The summed E-state index contributed by atoms with van der Waals surface area (Å²) >= 11 is 0. The van der Waals surface area contributed by atoms with Crippen molar-refractivity contribution in [1.82, 2.24) is 15.5 Å². The van der Waals surface area contributed by atoms with Crippen LogP contribution in [0.2, 0.25) is 0 Å². The Morgan fingerprint density at radius 3 is 2.48 bits per heavy atom. The summed E-state index contributed by atoms with van der Waals surface area (Å²) in [4.78, 5) is 14.1. The van der Waals surface area contributed by atoms with Gasteiger partial charge in [0.15, 0.2) is 0 Å². The normalized spacial score (nSPS) is 16.7. The van der Waals surface area contributed by atoms with Crippen molar-refractivity contribution in [3.05, 3.63) is 29.8 Å². The second kappa shape index (κ2) is 10.9. The summed E-state index contributed by atoms with van der Waals surface area (Å²) in [5.74, 6) is 0.827. The predicted molar refractivity (Wildman–Crippen MR) is 99.0 cm³/mol. The second-order valence-corrected chi connectivity index (χ2v) is 6.60. The number of methoxy groups -OCH3 is 1. The molecule has 3 N–H and O–H groups in total. The highest BCUT2D eigenvalue weighted by Crippen LogP contribution is 2.11. The Labute approximate surface area is 150 Å². The molecule has 1 unspecified atom stereocenters. The van der Waals surface area contributed by atoms with Crippen molar-refractivity contribution in [3.8, 4) is 5.75 Å². The van der Waals surface area contributed by atoms with E-state index in [-0.39, 0.29) is 12.6 Å². The number of β-amino-alcohol motifs (C(OH)–C–C–N with tert-alkyl or cyclic N) is 1. The zero-order chi connectivity index (χ0) is 17.9. The third-order valence-corrected chi connectivity index (χ3v) is 4.52. The first-order chi connectivity index (χ1) is 12.2. The summed E-state index contributed by atoms with van der Waals surface area (Å²) in [5.41, 5.74) is 1.14. The molecule has 0 aromatic heterocycles. The maximum atomic E-state index is 11.8. The van der Waals surface area contributed by atoms with Gasteiger partial charge in [0, 0.05) is 19.6 Å². The molecule has 0 bridgehead atoms. The van der Waals surface area contributed by atoms with Gasteiger partial charge in [-0.25, -0.2) is 4.79 Å². The minimum Gasteiger partial charge on any atom is -0.497 e. The molecule has 1 fully saturated rings. The van der Waals surface area contributed by atoms with Crippen LogP contribution >= 0.6 is 0 Å². The molecule has 2 rings (SSSR count). The average Bonchev–Trinajstić information content (AvgIpc) is 2.89. The number of carbonyl (C=O) groups excluding carboxylic acids is 1. The van der Waals surface area contributed by atoms with Gasteiger partial charge in [-0.15, -0.1) is 0 Å². The van der Waals surface area contributed by atoms with Crippen LogP contribution in [-0.4, -0.2) is 62.0 Å². The lowest BCUT2D eigenvalue weighted by molar-refractivity contribution is 0.114. The molecule has 6 nitrogen and oxygen atoms in total. The van der Waals surface area contributed by atoms with Crippen molar-refractivity contribution >= 4 is 6.03 Å². The van der Waals surface area contributed by atoms with Crippen LogP contribution in [0.1, 0.15) is 31.2 Å². The van der Waals surface area contributed by atoms with E-state index in [0.717, 1.165) is 30.8 Å². The van der Waals surface area contributed by atoms with Crippen molar-refractivity contribution in [2.24, 2.45) is 0 Å². The number of aliphatic hydroxyl groups excluding tert-OH is 1. The van der Waals surface area contributed by atoms with Gasteiger partial charge in [0.05, 0.1) is 13.2 Å². The molecule has 25 heavy (non-hydrogen) atoms. The Kier molecular flexibility index (Phi) is 8.55. The van der Waals surface area contributed by atoms with Crippen LogP contribution in [0.3, 0.4) is 0 Å². The third kappa shape index (κ3) is 7.75. The van der Waals surface area contributed by atoms with E-state index in [1.54, 1.807) is 7.11 Å². The number of urea groups is 1. The fraction of sp³-hybridized carbons (Fsp3) is 0.632. The van der Waals surface area contributed by atoms with Crippen LogP contribution in [0.15, 0.2) is 24.3 Å². The lowest BCUT2D eigenvalue weighted by atomic mass is 10.1. The van der Waals surface area contributed by atoms with Crippen LogP contribution in [0, 0.1) is 0 Å². The Morgan fingerprint density at radius 1 is 1.16 bits per heavy atom. The van der Waals surface area contributed by atoms with Gasteiger partial charge in [-0.3, -0.25) is 0 Å². The Balaban J connectivity index is 1.57. The van der Waals surface area contributed by atoms with Gasteiger partial charge in [0.1, 0.15) is 5.75 Å². The Bertz CT molecular complexity index is 499. The highest BCUT2D eigenvalue weighted by atomic mass is 16.5. The van der Waals surface area contributed by atoms with E-state index in [9.17, 15) is 9.90 Å². The van der Waals surface area contributed by atoms with Crippen LogP contribution in [0.5, 0.6) is 5.75 Å². The van der Waals surface area contributed by atoms with Crippen molar-refractivity contribution in [3.63, 3.8) is 0 Å². The topological polar surface area (TPSA) is 73.8 Å². The number of carbonyl (C=O) groups is 1. The van der Waals surface area contributed by atoms with Crippen molar-refractivity contribution in [2.45, 2.75) is 38.2 Å². The molecule has 1 aliphatic heterocycles. The van der Waals surface area contributed by atoms with E-state index < -0.39 is 6.10 Å². The zero-order valence-corrected chi connectivity index (χ0v) is 15.2. The largest absolute Gasteiger partial charge is 0.497 e. The van der Waals surface area contributed by atoms with E-state index in [1.165, 1.54) is 25.7 Å². The lowest BCUT2D eigenvalue weighted by Crippen LogP contribution is -2.44. The Hall–Kier alpha value is -1.79. The number of hydrogen-bond acceptors (Lipinski definition) is 4. The first-order valence-corrected chi connectivity index (χ1v) is 9.22. The number of ether oxygens (including phenoxy) is 1. The SMILES string of the molecule is COc1ccc(CCNC(=O)NCC(O)CN2CCCCCC2)cc1. The quantitative estimate of drug-likeness (QED) is 0.669.